The van der Waals surface area contributed by atoms with E-state index in [0.717, 1.165) is 0 Å². The van der Waals surface area contributed by atoms with Crippen LogP contribution in [-0.4, -0.2) is 38.2 Å². The highest BCUT2D eigenvalue weighted by Gasteiger charge is 2.29. The van der Waals surface area contributed by atoms with E-state index in [1.165, 1.54) is 36.4 Å². The molecule has 0 saturated carbocycles. The molecule has 1 aliphatic heterocycles. The van der Waals surface area contributed by atoms with Crippen LogP contribution < -0.4 is 10.0 Å². The number of carbonyl (C=O) groups excluding carboxylic acids is 2. The summed E-state index contributed by atoms with van der Waals surface area (Å²) in [5, 5.41) is 2.82. The monoisotopic (exact) mass is 481 g/mol. The SMILES string of the molecule is O=C(Nc1cccc(NS(=O)(=O)c2ccccc2)c1)C1CCCN(C(=O)c2ccc(F)cc2)C1. The molecule has 34 heavy (non-hydrogen) atoms. The Kier molecular flexibility index (Phi) is 6.93. The van der Waals surface area contributed by atoms with Crippen LogP contribution in [0, 0.1) is 11.7 Å². The molecule has 0 aromatic heterocycles. The number of hydrogen-bond donors (Lipinski definition) is 2. The average molecular weight is 482 g/mol. The van der Waals surface area contributed by atoms with E-state index >= 15 is 0 Å². The van der Waals surface area contributed by atoms with Gasteiger partial charge in [-0.25, -0.2) is 12.8 Å². The highest BCUT2D eigenvalue weighted by Crippen LogP contribution is 2.23. The van der Waals surface area contributed by atoms with Crippen molar-refractivity contribution in [3.8, 4) is 0 Å². The number of amides is 2. The van der Waals surface area contributed by atoms with E-state index in [-0.39, 0.29) is 23.3 Å². The molecule has 1 fully saturated rings. The van der Waals surface area contributed by atoms with Crippen LogP contribution in [-0.2, 0) is 14.8 Å². The molecular formula is C25H24FN3O4S. The number of halogens is 1. The molecule has 9 heteroatoms. The van der Waals surface area contributed by atoms with Gasteiger partial charge in [0, 0.05) is 24.3 Å². The Labute approximate surface area is 197 Å². The second-order valence-corrected chi connectivity index (χ2v) is 9.77. The zero-order valence-corrected chi connectivity index (χ0v) is 19.1. The van der Waals surface area contributed by atoms with E-state index in [4.69, 9.17) is 0 Å². The molecule has 1 unspecified atom stereocenters. The molecular weight excluding hydrogens is 457 g/mol. The number of sulfonamides is 1. The fourth-order valence-electron chi connectivity index (χ4n) is 3.87. The van der Waals surface area contributed by atoms with Crippen LogP contribution in [0.15, 0.2) is 83.8 Å². The number of hydrogen-bond acceptors (Lipinski definition) is 4. The van der Waals surface area contributed by atoms with Crippen molar-refractivity contribution in [1.82, 2.24) is 4.90 Å². The van der Waals surface area contributed by atoms with Gasteiger partial charge in [-0.05, 0) is 67.4 Å². The number of anilines is 2. The van der Waals surface area contributed by atoms with Crippen molar-refractivity contribution in [3.63, 3.8) is 0 Å². The number of nitrogens with one attached hydrogen (secondary N) is 2. The molecule has 3 aromatic rings. The number of benzene rings is 3. The summed E-state index contributed by atoms with van der Waals surface area (Å²) in [5.74, 6) is -1.32. The smallest absolute Gasteiger partial charge is 0.261 e. The molecule has 1 heterocycles. The van der Waals surface area contributed by atoms with Crippen molar-refractivity contribution < 1.29 is 22.4 Å². The second-order valence-electron chi connectivity index (χ2n) is 8.09. The summed E-state index contributed by atoms with van der Waals surface area (Å²) in [6, 6.07) is 19.8. The Bertz CT molecular complexity index is 1280. The maximum atomic E-state index is 13.2. The van der Waals surface area contributed by atoms with Crippen LogP contribution in [0.4, 0.5) is 15.8 Å². The van der Waals surface area contributed by atoms with Gasteiger partial charge in [0.25, 0.3) is 15.9 Å². The normalized spacial score (nSPS) is 16.0. The van der Waals surface area contributed by atoms with Crippen LogP contribution in [0.1, 0.15) is 23.2 Å². The molecule has 0 bridgehead atoms. The number of rotatable bonds is 6. The van der Waals surface area contributed by atoms with E-state index in [1.54, 1.807) is 47.4 Å². The zero-order valence-electron chi connectivity index (χ0n) is 18.3. The summed E-state index contributed by atoms with van der Waals surface area (Å²) in [7, 11) is -3.76. The summed E-state index contributed by atoms with van der Waals surface area (Å²) in [4.78, 5) is 27.4. The lowest BCUT2D eigenvalue weighted by molar-refractivity contribution is -0.121. The summed E-state index contributed by atoms with van der Waals surface area (Å²) >= 11 is 0. The van der Waals surface area contributed by atoms with E-state index in [1.807, 2.05) is 0 Å². The molecule has 7 nitrogen and oxygen atoms in total. The second kappa shape index (κ2) is 10.0. The maximum absolute atomic E-state index is 13.2. The fourth-order valence-corrected chi connectivity index (χ4v) is 4.94. The highest BCUT2D eigenvalue weighted by atomic mass is 32.2. The van der Waals surface area contributed by atoms with Crippen LogP contribution in [0.5, 0.6) is 0 Å². The summed E-state index contributed by atoms with van der Waals surface area (Å²) in [5.41, 5.74) is 1.14. The Hall–Kier alpha value is -3.72. The Morgan fingerprint density at radius 2 is 1.62 bits per heavy atom. The quantitative estimate of drug-likeness (QED) is 0.554. The summed E-state index contributed by atoms with van der Waals surface area (Å²) < 4.78 is 40.8. The first-order valence-electron chi connectivity index (χ1n) is 10.9. The lowest BCUT2D eigenvalue weighted by Gasteiger charge is -2.32. The predicted molar refractivity (Wildman–Crippen MR) is 127 cm³/mol. The molecule has 0 spiro atoms. The third-order valence-corrected chi connectivity index (χ3v) is 7.00. The molecule has 1 atom stereocenters. The molecule has 0 radical (unpaired) electrons. The van der Waals surface area contributed by atoms with Crippen LogP contribution >= 0.6 is 0 Å². The summed E-state index contributed by atoms with van der Waals surface area (Å²) in [6.45, 7) is 0.777. The third-order valence-electron chi connectivity index (χ3n) is 5.61. The minimum atomic E-state index is -3.76. The largest absolute Gasteiger partial charge is 0.338 e. The van der Waals surface area contributed by atoms with E-state index in [2.05, 4.69) is 10.0 Å². The van der Waals surface area contributed by atoms with Gasteiger partial charge >= 0.3 is 0 Å². The topological polar surface area (TPSA) is 95.6 Å². The molecule has 1 aliphatic rings. The van der Waals surface area contributed by atoms with Gasteiger partial charge in [0.1, 0.15) is 5.82 Å². The van der Waals surface area contributed by atoms with E-state index in [0.29, 0.717) is 36.3 Å². The molecule has 0 aliphatic carbocycles. The third kappa shape index (κ3) is 5.60. The zero-order chi connectivity index (χ0) is 24.1. The van der Waals surface area contributed by atoms with E-state index < -0.39 is 21.8 Å². The van der Waals surface area contributed by atoms with Gasteiger partial charge in [-0.1, -0.05) is 24.3 Å². The lowest BCUT2D eigenvalue weighted by atomic mass is 9.96. The Balaban J connectivity index is 1.40. The van der Waals surface area contributed by atoms with Gasteiger partial charge in [-0.2, -0.15) is 0 Å². The van der Waals surface area contributed by atoms with Crippen LogP contribution in [0.2, 0.25) is 0 Å². The lowest BCUT2D eigenvalue weighted by Crippen LogP contribution is -2.43. The van der Waals surface area contributed by atoms with Crippen molar-refractivity contribution in [2.75, 3.05) is 23.1 Å². The van der Waals surface area contributed by atoms with Gasteiger partial charge in [0.05, 0.1) is 16.5 Å². The first-order valence-corrected chi connectivity index (χ1v) is 12.3. The number of piperidine rings is 1. The Morgan fingerprint density at radius 3 is 2.35 bits per heavy atom. The molecule has 4 rings (SSSR count). The van der Waals surface area contributed by atoms with E-state index in [9.17, 15) is 22.4 Å². The summed E-state index contributed by atoms with van der Waals surface area (Å²) in [6.07, 6.45) is 1.29. The van der Waals surface area contributed by atoms with Gasteiger partial charge in [-0.3, -0.25) is 14.3 Å². The first-order chi connectivity index (χ1) is 16.3. The molecule has 176 valence electrons. The van der Waals surface area contributed by atoms with Crippen molar-refractivity contribution >= 4 is 33.2 Å². The van der Waals surface area contributed by atoms with Gasteiger partial charge in [0.15, 0.2) is 0 Å². The predicted octanol–water partition coefficient (Wildman–Crippen LogP) is 4.12. The van der Waals surface area contributed by atoms with Crippen molar-refractivity contribution in [1.29, 1.82) is 0 Å². The highest BCUT2D eigenvalue weighted by molar-refractivity contribution is 7.92. The van der Waals surface area contributed by atoms with Crippen LogP contribution in [0.3, 0.4) is 0 Å². The maximum Gasteiger partial charge on any atom is 0.261 e. The van der Waals surface area contributed by atoms with Crippen molar-refractivity contribution in [2.24, 2.45) is 5.92 Å². The molecule has 2 N–H and O–H groups in total. The minimum Gasteiger partial charge on any atom is -0.338 e. The van der Waals surface area contributed by atoms with Crippen LogP contribution in [0.25, 0.3) is 0 Å². The Morgan fingerprint density at radius 1 is 0.912 bits per heavy atom. The van der Waals surface area contributed by atoms with Gasteiger partial charge in [0.2, 0.25) is 5.91 Å². The first kappa shape index (κ1) is 23.4. The number of carbonyl (C=O) groups is 2. The standard InChI is InChI=1S/C25H24FN3O4S/c26-20-13-11-18(12-14-20)25(31)29-15-5-6-19(17-29)24(30)27-21-7-4-8-22(16-21)28-34(32,33)23-9-2-1-3-10-23/h1-4,7-14,16,19,28H,5-6,15,17H2,(H,27,30). The van der Waals surface area contributed by atoms with Crippen molar-refractivity contribution in [3.05, 3.63) is 90.2 Å². The minimum absolute atomic E-state index is 0.137. The molecule has 1 saturated heterocycles. The number of nitrogens with zero attached hydrogens (tertiary/aromatic N) is 1. The van der Waals surface area contributed by atoms with Crippen molar-refractivity contribution in [2.45, 2.75) is 17.7 Å². The molecule has 2 amide bonds. The fraction of sp³-hybridized carbons (Fsp3) is 0.200. The van der Waals surface area contributed by atoms with Gasteiger partial charge < -0.3 is 10.2 Å². The average Bonchev–Trinajstić information content (AvgIpc) is 2.84. The molecule has 3 aromatic carbocycles. The van der Waals surface area contributed by atoms with Gasteiger partial charge in [-0.15, -0.1) is 0 Å². The number of likely N-dealkylation sites (tertiary alicyclic amines) is 1.